The van der Waals surface area contributed by atoms with Crippen LogP contribution in [0.5, 0.6) is 5.75 Å². The Morgan fingerprint density at radius 3 is 2.43 bits per heavy atom. The highest BCUT2D eigenvalue weighted by Gasteiger charge is 2.29. The molecule has 1 fully saturated rings. The van der Waals surface area contributed by atoms with E-state index >= 15 is 0 Å². The van der Waals surface area contributed by atoms with Crippen molar-refractivity contribution < 1.29 is 14.3 Å². The average Bonchev–Trinajstić information content (AvgIpc) is 3.12. The summed E-state index contributed by atoms with van der Waals surface area (Å²) in [7, 11) is 0. The summed E-state index contributed by atoms with van der Waals surface area (Å²) in [5.74, 6) is 1.47. The zero-order valence-corrected chi connectivity index (χ0v) is 18.3. The van der Waals surface area contributed by atoms with Gasteiger partial charge in [0.05, 0.1) is 6.20 Å². The Hall–Kier alpha value is -2.83. The van der Waals surface area contributed by atoms with Crippen molar-refractivity contribution in [1.82, 2.24) is 14.7 Å². The van der Waals surface area contributed by atoms with Crippen LogP contribution in [-0.2, 0) is 11.3 Å². The standard InChI is InChI=1S/C23H32N4O3/c1-16(2)14-26-21(12-13-24-26)25-23(29)19-8-10-20(11-9-19)30-15-22(28)27-17(3)6-5-7-18(27)4/h8-13,16-18H,5-7,14-15H2,1-4H3,(H,25,29). The number of nitrogens with one attached hydrogen (secondary N) is 1. The van der Waals surface area contributed by atoms with Gasteiger partial charge in [-0.3, -0.25) is 9.59 Å². The van der Waals surface area contributed by atoms with E-state index in [1.807, 2.05) is 4.90 Å². The first-order valence-electron chi connectivity index (χ1n) is 10.7. The van der Waals surface area contributed by atoms with E-state index in [1.54, 1.807) is 41.2 Å². The van der Waals surface area contributed by atoms with Crippen molar-refractivity contribution in [3.05, 3.63) is 42.1 Å². The molecule has 7 heteroatoms. The van der Waals surface area contributed by atoms with Crippen molar-refractivity contribution in [3.8, 4) is 5.75 Å². The highest BCUT2D eigenvalue weighted by atomic mass is 16.5. The van der Waals surface area contributed by atoms with E-state index in [1.165, 1.54) is 0 Å². The van der Waals surface area contributed by atoms with Gasteiger partial charge >= 0.3 is 0 Å². The minimum atomic E-state index is -0.209. The lowest BCUT2D eigenvalue weighted by Gasteiger charge is -2.38. The van der Waals surface area contributed by atoms with Crippen LogP contribution < -0.4 is 10.1 Å². The maximum atomic E-state index is 12.6. The summed E-state index contributed by atoms with van der Waals surface area (Å²) in [6.45, 7) is 9.13. The molecule has 1 aliphatic rings. The zero-order chi connectivity index (χ0) is 21.7. The number of carbonyl (C=O) groups excluding carboxylic acids is 2. The third-order valence-corrected chi connectivity index (χ3v) is 5.46. The SMILES string of the molecule is CC(C)Cn1nccc1NC(=O)c1ccc(OCC(=O)N2C(C)CCCC2C)cc1. The molecule has 162 valence electrons. The molecule has 3 rings (SSSR count). The monoisotopic (exact) mass is 412 g/mol. The molecule has 0 saturated carbocycles. The predicted octanol–water partition coefficient (Wildman–Crippen LogP) is 3.96. The first kappa shape index (κ1) is 21.9. The van der Waals surface area contributed by atoms with Crippen LogP contribution >= 0.6 is 0 Å². The second kappa shape index (κ2) is 9.78. The van der Waals surface area contributed by atoms with E-state index in [0.717, 1.165) is 25.8 Å². The maximum Gasteiger partial charge on any atom is 0.260 e. The molecule has 2 atom stereocenters. The summed E-state index contributed by atoms with van der Waals surface area (Å²) in [6.07, 6.45) is 4.91. The van der Waals surface area contributed by atoms with Gasteiger partial charge in [0.2, 0.25) is 0 Å². The molecule has 0 aliphatic carbocycles. The van der Waals surface area contributed by atoms with Crippen molar-refractivity contribution in [1.29, 1.82) is 0 Å². The molecule has 2 heterocycles. The smallest absolute Gasteiger partial charge is 0.260 e. The van der Waals surface area contributed by atoms with Gasteiger partial charge in [0.25, 0.3) is 11.8 Å². The number of benzene rings is 1. The Bertz CT molecular complexity index is 850. The van der Waals surface area contributed by atoms with E-state index in [2.05, 4.69) is 38.1 Å². The first-order valence-corrected chi connectivity index (χ1v) is 10.7. The van der Waals surface area contributed by atoms with Gasteiger partial charge in [-0.25, -0.2) is 4.68 Å². The van der Waals surface area contributed by atoms with Gasteiger partial charge < -0.3 is 15.0 Å². The van der Waals surface area contributed by atoms with Gasteiger partial charge in [-0.15, -0.1) is 0 Å². The van der Waals surface area contributed by atoms with Crippen LogP contribution in [0.25, 0.3) is 0 Å². The number of hydrogen-bond donors (Lipinski definition) is 1. The molecule has 30 heavy (non-hydrogen) atoms. The Balaban J connectivity index is 1.55. The van der Waals surface area contributed by atoms with Crippen molar-refractivity contribution in [2.24, 2.45) is 5.92 Å². The number of likely N-dealkylation sites (tertiary alicyclic amines) is 1. The normalized spacial score (nSPS) is 19.0. The summed E-state index contributed by atoms with van der Waals surface area (Å²) in [5, 5.41) is 7.15. The van der Waals surface area contributed by atoms with Gasteiger partial charge in [-0.1, -0.05) is 13.8 Å². The van der Waals surface area contributed by atoms with Gasteiger partial charge in [0.1, 0.15) is 11.6 Å². The number of nitrogens with zero attached hydrogens (tertiary/aromatic N) is 3. The number of aromatic nitrogens is 2. The molecule has 0 radical (unpaired) electrons. The van der Waals surface area contributed by atoms with E-state index in [4.69, 9.17) is 4.74 Å². The van der Waals surface area contributed by atoms with Crippen LogP contribution in [0.2, 0.25) is 0 Å². The van der Waals surface area contributed by atoms with Crippen molar-refractivity contribution in [2.75, 3.05) is 11.9 Å². The topological polar surface area (TPSA) is 76.5 Å². The number of carbonyl (C=O) groups is 2. The largest absolute Gasteiger partial charge is 0.484 e. The molecule has 1 aromatic carbocycles. The second-order valence-corrected chi connectivity index (χ2v) is 8.49. The minimum Gasteiger partial charge on any atom is -0.484 e. The molecular weight excluding hydrogens is 380 g/mol. The summed E-state index contributed by atoms with van der Waals surface area (Å²) in [6, 6.07) is 9.12. The number of hydrogen-bond acceptors (Lipinski definition) is 4. The number of rotatable bonds is 7. The van der Waals surface area contributed by atoms with Crippen LogP contribution in [0.3, 0.4) is 0 Å². The number of ether oxygens (including phenoxy) is 1. The molecule has 0 spiro atoms. The fourth-order valence-electron chi connectivity index (χ4n) is 3.95. The van der Waals surface area contributed by atoms with Crippen molar-refractivity contribution in [3.63, 3.8) is 0 Å². The maximum absolute atomic E-state index is 12.6. The van der Waals surface area contributed by atoms with E-state index in [9.17, 15) is 9.59 Å². The highest BCUT2D eigenvalue weighted by Crippen LogP contribution is 2.23. The van der Waals surface area contributed by atoms with Crippen LogP contribution in [0.15, 0.2) is 36.5 Å². The average molecular weight is 413 g/mol. The van der Waals surface area contributed by atoms with Crippen LogP contribution in [0.1, 0.15) is 57.3 Å². The molecule has 1 aromatic heterocycles. The van der Waals surface area contributed by atoms with Crippen molar-refractivity contribution >= 4 is 17.6 Å². The van der Waals surface area contributed by atoms with Crippen LogP contribution in [-0.4, -0.2) is 45.2 Å². The Morgan fingerprint density at radius 2 is 1.80 bits per heavy atom. The lowest BCUT2D eigenvalue weighted by Crippen LogP contribution is -2.49. The Kier molecular flexibility index (Phi) is 7.13. The second-order valence-electron chi connectivity index (χ2n) is 8.49. The molecule has 1 N–H and O–H groups in total. The summed E-state index contributed by atoms with van der Waals surface area (Å²) in [5.41, 5.74) is 0.518. The molecule has 2 unspecified atom stereocenters. The third-order valence-electron chi connectivity index (χ3n) is 5.46. The zero-order valence-electron chi connectivity index (χ0n) is 18.3. The molecule has 7 nitrogen and oxygen atoms in total. The third kappa shape index (κ3) is 5.40. The number of amides is 2. The summed E-state index contributed by atoms with van der Waals surface area (Å²) >= 11 is 0. The van der Waals surface area contributed by atoms with Gasteiger partial charge in [-0.05, 0) is 63.3 Å². The highest BCUT2D eigenvalue weighted by molar-refractivity contribution is 6.03. The van der Waals surface area contributed by atoms with E-state index < -0.39 is 0 Å². The van der Waals surface area contributed by atoms with E-state index in [-0.39, 0.29) is 30.5 Å². The van der Waals surface area contributed by atoms with Crippen molar-refractivity contribution in [2.45, 2.75) is 65.6 Å². The molecule has 0 bridgehead atoms. The number of anilines is 1. The molecule has 2 amide bonds. The fraction of sp³-hybridized carbons (Fsp3) is 0.522. The van der Waals surface area contributed by atoms with E-state index in [0.29, 0.717) is 23.0 Å². The minimum absolute atomic E-state index is 0.00854. The Labute approximate surface area is 178 Å². The van der Waals surface area contributed by atoms with Gasteiger partial charge in [-0.2, -0.15) is 5.10 Å². The molecule has 1 aliphatic heterocycles. The fourth-order valence-corrected chi connectivity index (χ4v) is 3.95. The summed E-state index contributed by atoms with van der Waals surface area (Å²) in [4.78, 5) is 27.1. The van der Waals surface area contributed by atoms with Crippen LogP contribution in [0, 0.1) is 5.92 Å². The first-order chi connectivity index (χ1) is 14.3. The Morgan fingerprint density at radius 1 is 1.13 bits per heavy atom. The molecule has 1 saturated heterocycles. The molecular formula is C23H32N4O3. The lowest BCUT2D eigenvalue weighted by atomic mass is 9.97. The van der Waals surface area contributed by atoms with Crippen LogP contribution in [0.4, 0.5) is 5.82 Å². The van der Waals surface area contributed by atoms with Gasteiger partial charge in [0, 0.05) is 30.3 Å². The quantitative estimate of drug-likeness (QED) is 0.747. The molecule has 2 aromatic rings. The predicted molar refractivity (Wildman–Crippen MR) is 117 cm³/mol. The van der Waals surface area contributed by atoms with Gasteiger partial charge in [0.15, 0.2) is 6.61 Å². The number of piperidine rings is 1. The summed E-state index contributed by atoms with van der Waals surface area (Å²) < 4.78 is 7.47. The lowest BCUT2D eigenvalue weighted by molar-refractivity contribution is -0.139.